The number of fused-ring (bicyclic) bond motifs is 1. The molecule has 0 amide bonds. The van der Waals surface area contributed by atoms with Gasteiger partial charge in [0.25, 0.3) is 0 Å². The molecule has 0 saturated heterocycles. The SMILES string of the molecule is Cc1cc(-c2c(C(C)(C)CO)n(-c3ccc(F)cc3)c3cc(C=[NH2+])c(N)cc23)cnc1P(C)(C)=O. The van der Waals surface area contributed by atoms with Gasteiger partial charge in [0, 0.05) is 45.2 Å². The van der Waals surface area contributed by atoms with Gasteiger partial charge in [0.2, 0.25) is 0 Å². The first-order valence-electron chi connectivity index (χ1n) is 11.3. The van der Waals surface area contributed by atoms with E-state index in [-0.39, 0.29) is 12.4 Å². The minimum Gasteiger partial charge on any atom is -0.398 e. The van der Waals surface area contributed by atoms with Crippen molar-refractivity contribution in [3.63, 3.8) is 0 Å². The number of nitrogens with zero attached hydrogens (tertiary/aromatic N) is 2. The number of halogens is 1. The molecule has 5 N–H and O–H groups in total. The molecule has 0 bridgehead atoms. The summed E-state index contributed by atoms with van der Waals surface area (Å²) in [7, 11) is -2.56. The summed E-state index contributed by atoms with van der Waals surface area (Å²) in [6.45, 7) is 9.07. The minimum absolute atomic E-state index is 0.132. The fourth-order valence-corrected chi connectivity index (χ4v) is 5.89. The molecule has 4 aromatic rings. The lowest BCUT2D eigenvalue weighted by molar-refractivity contribution is -0.104. The molecule has 0 spiro atoms. The number of nitrogen functional groups attached to an aromatic ring is 1. The number of anilines is 1. The zero-order valence-corrected chi connectivity index (χ0v) is 21.5. The summed E-state index contributed by atoms with van der Waals surface area (Å²) in [6.07, 6.45) is 3.18. The topological polar surface area (TPSA) is 107 Å². The Hall–Kier alpha value is -3.28. The van der Waals surface area contributed by atoms with Crippen molar-refractivity contribution in [2.75, 3.05) is 25.7 Å². The minimum atomic E-state index is -2.56. The van der Waals surface area contributed by atoms with E-state index in [9.17, 15) is 14.1 Å². The van der Waals surface area contributed by atoms with E-state index in [1.165, 1.54) is 18.3 Å². The number of benzene rings is 2. The molecule has 0 saturated carbocycles. The Labute approximate surface area is 204 Å². The highest BCUT2D eigenvalue weighted by molar-refractivity contribution is 7.70. The number of aryl methyl sites for hydroxylation is 1. The molecule has 2 aromatic heterocycles. The van der Waals surface area contributed by atoms with Crippen molar-refractivity contribution in [2.45, 2.75) is 26.2 Å². The lowest BCUT2D eigenvalue weighted by Gasteiger charge is -2.27. The monoisotopic (exact) mass is 493 g/mol. The molecule has 4 rings (SSSR count). The molecule has 0 aliphatic carbocycles. The molecular weight excluding hydrogens is 462 g/mol. The van der Waals surface area contributed by atoms with Crippen molar-refractivity contribution >= 4 is 35.4 Å². The molecule has 0 fully saturated rings. The van der Waals surface area contributed by atoms with Crippen LogP contribution in [0, 0.1) is 12.7 Å². The Morgan fingerprint density at radius 2 is 1.86 bits per heavy atom. The first kappa shape index (κ1) is 24.8. The average Bonchev–Trinajstić information content (AvgIpc) is 3.12. The normalized spacial score (nSPS) is 12.3. The van der Waals surface area contributed by atoms with Gasteiger partial charge in [-0.25, -0.2) is 4.39 Å². The first-order valence-corrected chi connectivity index (χ1v) is 13.9. The van der Waals surface area contributed by atoms with Crippen LogP contribution in [0.4, 0.5) is 10.1 Å². The second-order valence-electron chi connectivity index (χ2n) is 9.96. The van der Waals surface area contributed by atoms with Gasteiger partial charge in [0.15, 0.2) is 6.21 Å². The number of aromatic nitrogens is 2. The highest BCUT2D eigenvalue weighted by Crippen LogP contribution is 2.44. The smallest absolute Gasteiger partial charge is 0.169 e. The number of hydrogen-bond donors (Lipinski definition) is 3. The van der Waals surface area contributed by atoms with Crippen molar-refractivity contribution in [1.29, 1.82) is 0 Å². The molecule has 6 nitrogen and oxygen atoms in total. The van der Waals surface area contributed by atoms with Crippen LogP contribution in [0.25, 0.3) is 27.7 Å². The van der Waals surface area contributed by atoms with E-state index in [4.69, 9.17) is 11.1 Å². The van der Waals surface area contributed by atoms with Crippen LogP contribution in [0.1, 0.15) is 30.7 Å². The number of aliphatic hydroxyl groups is 1. The van der Waals surface area contributed by atoms with Crippen molar-refractivity contribution in [1.82, 2.24) is 9.55 Å². The molecule has 182 valence electrons. The van der Waals surface area contributed by atoms with Gasteiger partial charge in [-0.05, 0) is 68.3 Å². The van der Waals surface area contributed by atoms with E-state index in [0.29, 0.717) is 16.7 Å². The van der Waals surface area contributed by atoms with E-state index >= 15 is 0 Å². The van der Waals surface area contributed by atoms with Crippen LogP contribution in [0.2, 0.25) is 0 Å². The number of hydrogen-bond acceptors (Lipinski definition) is 4. The van der Waals surface area contributed by atoms with Gasteiger partial charge in [-0.3, -0.25) is 10.4 Å². The summed E-state index contributed by atoms with van der Waals surface area (Å²) in [5, 5.41) is 17.1. The Bertz CT molecular complexity index is 1500. The average molecular weight is 494 g/mol. The van der Waals surface area contributed by atoms with E-state index in [1.807, 2.05) is 43.5 Å². The molecule has 0 radical (unpaired) electrons. The predicted molar refractivity (Wildman–Crippen MR) is 142 cm³/mol. The van der Waals surface area contributed by atoms with Crippen LogP contribution in [0.15, 0.2) is 48.7 Å². The van der Waals surface area contributed by atoms with E-state index in [1.54, 1.807) is 31.7 Å². The largest absolute Gasteiger partial charge is 0.398 e. The molecular formula is C27H31FN4O2P+. The van der Waals surface area contributed by atoms with Gasteiger partial charge in [0.1, 0.15) is 18.4 Å². The summed E-state index contributed by atoms with van der Waals surface area (Å²) in [6, 6.07) is 12.0. The standard InChI is InChI=1S/C27H30FN4O2P/c1-16-10-18(14-31-26(16)35(4,5)34)24-21-12-22(30)17(13-29)11-23(21)32(25(24)27(2,3)15-33)20-8-6-19(28)7-9-20/h6-14,29,33H,15,30H2,1-5H3/p+1. The summed E-state index contributed by atoms with van der Waals surface area (Å²) in [5.41, 5.74) is 12.3. The third kappa shape index (κ3) is 4.30. The Balaban J connectivity index is 2.20. The van der Waals surface area contributed by atoms with Crippen LogP contribution >= 0.6 is 7.14 Å². The maximum atomic E-state index is 13.8. The molecule has 0 unspecified atom stereocenters. The second kappa shape index (κ2) is 8.74. The summed E-state index contributed by atoms with van der Waals surface area (Å²) in [5.74, 6) is -0.340. The molecule has 35 heavy (non-hydrogen) atoms. The number of pyridine rings is 1. The third-order valence-corrected chi connectivity index (χ3v) is 7.81. The summed E-state index contributed by atoms with van der Waals surface area (Å²) < 4.78 is 28.6. The van der Waals surface area contributed by atoms with Crippen molar-refractivity contribution < 1.29 is 19.5 Å². The predicted octanol–water partition coefficient (Wildman–Crippen LogP) is 3.42. The highest BCUT2D eigenvalue weighted by Gasteiger charge is 2.32. The van der Waals surface area contributed by atoms with Crippen LogP contribution in [-0.2, 0) is 9.98 Å². The van der Waals surface area contributed by atoms with Crippen LogP contribution in [-0.4, -0.2) is 40.8 Å². The Morgan fingerprint density at radius 3 is 2.40 bits per heavy atom. The van der Waals surface area contributed by atoms with Crippen molar-refractivity contribution in [3.05, 3.63) is 71.3 Å². The molecule has 0 aliphatic heterocycles. The lowest BCUT2D eigenvalue weighted by Crippen LogP contribution is -2.30. The van der Waals surface area contributed by atoms with Crippen LogP contribution in [0.5, 0.6) is 0 Å². The first-order chi connectivity index (χ1) is 16.4. The van der Waals surface area contributed by atoms with Gasteiger partial charge in [-0.1, -0.05) is 13.8 Å². The van der Waals surface area contributed by atoms with E-state index in [2.05, 4.69) is 4.98 Å². The van der Waals surface area contributed by atoms with E-state index < -0.39 is 12.6 Å². The molecule has 0 aliphatic rings. The van der Waals surface area contributed by atoms with Crippen LogP contribution in [0.3, 0.4) is 0 Å². The fraction of sp³-hybridized carbons (Fsp3) is 0.259. The molecule has 8 heteroatoms. The Morgan fingerprint density at radius 1 is 1.20 bits per heavy atom. The van der Waals surface area contributed by atoms with Crippen molar-refractivity contribution in [3.8, 4) is 16.8 Å². The number of rotatable bonds is 6. The molecule has 2 aromatic carbocycles. The van der Waals surface area contributed by atoms with Crippen LogP contribution < -0.4 is 16.6 Å². The maximum Gasteiger partial charge on any atom is 0.169 e. The van der Waals surface area contributed by atoms with Gasteiger partial charge in [0.05, 0.1) is 17.7 Å². The number of aliphatic hydroxyl groups excluding tert-OH is 1. The zero-order chi connectivity index (χ0) is 25.7. The van der Waals surface area contributed by atoms with Gasteiger partial charge in [-0.2, -0.15) is 0 Å². The lowest BCUT2D eigenvalue weighted by atomic mass is 9.85. The fourth-order valence-electron chi connectivity index (χ4n) is 4.65. The Kier molecular flexibility index (Phi) is 6.20. The van der Waals surface area contributed by atoms with Gasteiger partial charge < -0.3 is 20.0 Å². The molecule has 0 atom stereocenters. The highest BCUT2D eigenvalue weighted by atomic mass is 31.2. The number of nitrogens with two attached hydrogens (primary N) is 2. The third-order valence-electron chi connectivity index (χ3n) is 6.32. The maximum absolute atomic E-state index is 13.8. The van der Waals surface area contributed by atoms with Crippen molar-refractivity contribution in [2.24, 2.45) is 0 Å². The van der Waals surface area contributed by atoms with Gasteiger partial charge in [-0.15, -0.1) is 0 Å². The van der Waals surface area contributed by atoms with Gasteiger partial charge >= 0.3 is 0 Å². The summed E-state index contributed by atoms with van der Waals surface area (Å²) >= 11 is 0. The quantitative estimate of drug-likeness (QED) is 0.217. The molecule has 2 heterocycles. The zero-order valence-electron chi connectivity index (χ0n) is 20.6. The summed E-state index contributed by atoms with van der Waals surface area (Å²) in [4.78, 5) is 4.59. The second-order valence-corrected chi connectivity index (χ2v) is 13.1. The van der Waals surface area contributed by atoms with E-state index in [0.717, 1.165) is 39.0 Å².